The number of methoxy groups -OCH3 is 1. The first-order valence-electron chi connectivity index (χ1n) is 4.21. The van der Waals surface area contributed by atoms with Gasteiger partial charge in [0.1, 0.15) is 0 Å². The molecule has 0 bridgehead atoms. The second-order valence-electron chi connectivity index (χ2n) is 2.96. The van der Waals surface area contributed by atoms with Gasteiger partial charge < -0.3 is 9.94 Å². The molecule has 1 aromatic rings. The lowest BCUT2D eigenvalue weighted by molar-refractivity contribution is -0.0732. The van der Waals surface area contributed by atoms with Crippen molar-refractivity contribution in [2.75, 3.05) is 14.2 Å². The Morgan fingerprint density at radius 2 is 2.14 bits per heavy atom. The van der Waals surface area contributed by atoms with Crippen molar-refractivity contribution in [3.05, 3.63) is 35.4 Å². The second-order valence-corrected chi connectivity index (χ2v) is 2.96. The Labute approximate surface area is 82.7 Å². The van der Waals surface area contributed by atoms with E-state index >= 15 is 0 Å². The minimum absolute atomic E-state index is 0.297. The van der Waals surface area contributed by atoms with Crippen LogP contribution in [0.2, 0.25) is 0 Å². The molecular formula is C10H13NO3. The van der Waals surface area contributed by atoms with E-state index in [-0.39, 0.29) is 5.97 Å². The molecule has 0 saturated carbocycles. The average Bonchev–Trinajstić information content (AvgIpc) is 2.16. The van der Waals surface area contributed by atoms with Crippen LogP contribution in [0.1, 0.15) is 15.9 Å². The van der Waals surface area contributed by atoms with Crippen molar-refractivity contribution < 1.29 is 14.7 Å². The van der Waals surface area contributed by atoms with Crippen molar-refractivity contribution >= 4 is 5.97 Å². The molecule has 0 spiro atoms. The van der Waals surface area contributed by atoms with Crippen LogP contribution in [-0.4, -0.2) is 30.4 Å². The van der Waals surface area contributed by atoms with Crippen LogP contribution in [-0.2, 0) is 11.3 Å². The Kier molecular flexibility index (Phi) is 3.62. The summed E-state index contributed by atoms with van der Waals surface area (Å²) in [5.74, 6) is -0.387. The molecule has 1 N–H and O–H groups in total. The molecule has 0 amide bonds. The van der Waals surface area contributed by atoms with E-state index in [1.807, 2.05) is 6.07 Å². The fourth-order valence-electron chi connectivity index (χ4n) is 1.21. The van der Waals surface area contributed by atoms with Crippen LogP contribution in [0.25, 0.3) is 0 Å². The number of hydroxylamine groups is 2. The number of nitrogens with zero attached hydrogens (tertiary/aromatic N) is 1. The van der Waals surface area contributed by atoms with Crippen molar-refractivity contribution in [1.82, 2.24) is 5.06 Å². The van der Waals surface area contributed by atoms with E-state index in [0.29, 0.717) is 12.1 Å². The lowest BCUT2D eigenvalue weighted by atomic mass is 10.1. The SMILES string of the molecule is COC(=O)c1ccccc1CN(C)O. The van der Waals surface area contributed by atoms with Gasteiger partial charge in [0.05, 0.1) is 12.7 Å². The highest BCUT2D eigenvalue weighted by Crippen LogP contribution is 2.11. The van der Waals surface area contributed by atoms with Gasteiger partial charge in [0, 0.05) is 13.6 Å². The zero-order chi connectivity index (χ0) is 10.6. The maximum atomic E-state index is 11.3. The Morgan fingerprint density at radius 3 is 2.71 bits per heavy atom. The van der Waals surface area contributed by atoms with Gasteiger partial charge in [0.25, 0.3) is 0 Å². The van der Waals surface area contributed by atoms with Crippen molar-refractivity contribution in [2.45, 2.75) is 6.54 Å². The normalized spacial score (nSPS) is 10.3. The summed E-state index contributed by atoms with van der Waals surface area (Å²) in [6.07, 6.45) is 0. The molecule has 14 heavy (non-hydrogen) atoms. The van der Waals surface area contributed by atoms with Crippen molar-refractivity contribution in [2.24, 2.45) is 0 Å². The molecule has 76 valence electrons. The molecule has 0 aliphatic rings. The molecule has 0 aromatic heterocycles. The Bertz CT molecular complexity index is 323. The first-order chi connectivity index (χ1) is 6.65. The number of carbonyl (C=O) groups excluding carboxylic acids is 1. The maximum absolute atomic E-state index is 11.3. The average molecular weight is 195 g/mol. The van der Waals surface area contributed by atoms with Crippen molar-refractivity contribution in [3.63, 3.8) is 0 Å². The molecule has 0 atom stereocenters. The quantitative estimate of drug-likeness (QED) is 0.583. The summed E-state index contributed by atoms with van der Waals surface area (Å²) in [7, 11) is 2.86. The standard InChI is InChI=1S/C10H13NO3/c1-11(13)7-8-5-3-4-6-9(8)10(12)14-2/h3-6,13H,7H2,1-2H3. The minimum atomic E-state index is -0.387. The van der Waals surface area contributed by atoms with Gasteiger partial charge in [-0.1, -0.05) is 18.2 Å². The number of rotatable bonds is 3. The van der Waals surface area contributed by atoms with Crippen molar-refractivity contribution in [3.8, 4) is 0 Å². The van der Waals surface area contributed by atoms with E-state index in [9.17, 15) is 4.79 Å². The van der Waals surface area contributed by atoms with E-state index in [4.69, 9.17) is 5.21 Å². The zero-order valence-corrected chi connectivity index (χ0v) is 8.23. The van der Waals surface area contributed by atoms with E-state index in [1.165, 1.54) is 14.2 Å². The third kappa shape index (κ3) is 2.55. The van der Waals surface area contributed by atoms with Gasteiger partial charge in [-0.3, -0.25) is 0 Å². The number of carbonyl (C=O) groups is 1. The maximum Gasteiger partial charge on any atom is 0.338 e. The fourth-order valence-corrected chi connectivity index (χ4v) is 1.21. The van der Waals surface area contributed by atoms with Gasteiger partial charge in [-0.05, 0) is 11.6 Å². The van der Waals surface area contributed by atoms with E-state index in [2.05, 4.69) is 4.74 Å². The predicted octanol–water partition coefficient (Wildman–Crippen LogP) is 1.29. The van der Waals surface area contributed by atoms with E-state index in [0.717, 1.165) is 10.6 Å². The Balaban J connectivity index is 2.97. The first kappa shape index (κ1) is 10.7. The molecule has 0 unspecified atom stereocenters. The van der Waals surface area contributed by atoms with Crippen LogP contribution in [0.5, 0.6) is 0 Å². The molecule has 0 heterocycles. The third-order valence-corrected chi connectivity index (χ3v) is 1.82. The first-order valence-corrected chi connectivity index (χ1v) is 4.21. The second kappa shape index (κ2) is 4.74. The molecule has 0 saturated heterocycles. The van der Waals surface area contributed by atoms with Crippen LogP contribution in [0.15, 0.2) is 24.3 Å². The fraction of sp³-hybridized carbons (Fsp3) is 0.300. The van der Waals surface area contributed by atoms with Crippen LogP contribution < -0.4 is 0 Å². The van der Waals surface area contributed by atoms with Gasteiger partial charge >= 0.3 is 5.97 Å². The molecule has 4 nitrogen and oxygen atoms in total. The molecule has 0 fully saturated rings. The third-order valence-electron chi connectivity index (χ3n) is 1.82. The monoisotopic (exact) mass is 195 g/mol. The van der Waals surface area contributed by atoms with Gasteiger partial charge in [0.2, 0.25) is 0 Å². The Morgan fingerprint density at radius 1 is 1.50 bits per heavy atom. The van der Waals surface area contributed by atoms with Gasteiger partial charge in [-0.2, -0.15) is 5.06 Å². The van der Waals surface area contributed by atoms with Crippen LogP contribution in [0.4, 0.5) is 0 Å². The number of esters is 1. The molecular weight excluding hydrogens is 182 g/mol. The molecule has 4 heteroatoms. The summed E-state index contributed by atoms with van der Waals surface area (Å²) in [6, 6.07) is 7.02. The summed E-state index contributed by atoms with van der Waals surface area (Å²) in [5.41, 5.74) is 1.22. The highest BCUT2D eigenvalue weighted by Gasteiger charge is 2.11. The van der Waals surface area contributed by atoms with E-state index in [1.54, 1.807) is 18.2 Å². The molecule has 0 radical (unpaired) electrons. The van der Waals surface area contributed by atoms with Crippen LogP contribution in [0, 0.1) is 0 Å². The van der Waals surface area contributed by atoms with Gasteiger partial charge in [-0.15, -0.1) is 0 Å². The topological polar surface area (TPSA) is 49.8 Å². The van der Waals surface area contributed by atoms with Gasteiger partial charge in [0.15, 0.2) is 0 Å². The van der Waals surface area contributed by atoms with Crippen LogP contribution >= 0.6 is 0 Å². The largest absolute Gasteiger partial charge is 0.465 e. The lowest BCUT2D eigenvalue weighted by Gasteiger charge is -2.11. The molecule has 0 aliphatic carbocycles. The van der Waals surface area contributed by atoms with E-state index < -0.39 is 0 Å². The molecule has 1 rings (SSSR count). The van der Waals surface area contributed by atoms with Crippen LogP contribution in [0.3, 0.4) is 0 Å². The predicted molar refractivity (Wildman–Crippen MR) is 51.0 cm³/mol. The smallest absolute Gasteiger partial charge is 0.338 e. The highest BCUT2D eigenvalue weighted by atomic mass is 16.5. The number of hydrogen-bond acceptors (Lipinski definition) is 4. The van der Waals surface area contributed by atoms with Gasteiger partial charge in [-0.25, -0.2) is 4.79 Å². The molecule has 0 aliphatic heterocycles. The lowest BCUT2D eigenvalue weighted by Crippen LogP contribution is -2.15. The molecule has 1 aromatic carbocycles. The minimum Gasteiger partial charge on any atom is -0.465 e. The summed E-state index contributed by atoms with van der Waals surface area (Å²) < 4.78 is 4.62. The Hall–Kier alpha value is -1.39. The summed E-state index contributed by atoms with van der Waals surface area (Å²) in [5, 5.41) is 10.1. The van der Waals surface area contributed by atoms with Crippen molar-refractivity contribution in [1.29, 1.82) is 0 Å². The summed E-state index contributed by atoms with van der Waals surface area (Å²) >= 11 is 0. The summed E-state index contributed by atoms with van der Waals surface area (Å²) in [4.78, 5) is 11.3. The summed E-state index contributed by atoms with van der Waals surface area (Å²) in [6.45, 7) is 0.297. The number of benzene rings is 1. The number of hydrogen-bond donors (Lipinski definition) is 1. The zero-order valence-electron chi connectivity index (χ0n) is 8.23. The number of ether oxygens (including phenoxy) is 1. The highest BCUT2D eigenvalue weighted by molar-refractivity contribution is 5.90.